The zero-order chi connectivity index (χ0) is 14.5. The van der Waals surface area contributed by atoms with Gasteiger partial charge in [-0.25, -0.2) is 4.39 Å². The fourth-order valence-electron chi connectivity index (χ4n) is 1.56. The van der Waals surface area contributed by atoms with Gasteiger partial charge in [-0.05, 0) is 24.3 Å². The van der Waals surface area contributed by atoms with Gasteiger partial charge in [0.25, 0.3) is 5.91 Å². The Labute approximate surface area is 113 Å². The molecular weight excluding hydrogens is 267 g/mol. The van der Waals surface area contributed by atoms with Crippen LogP contribution in [-0.4, -0.2) is 27.2 Å². The Morgan fingerprint density at radius 1 is 1.40 bits per heavy atom. The number of hydrogen-bond donors (Lipinski definition) is 1. The summed E-state index contributed by atoms with van der Waals surface area (Å²) in [5.41, 5.74) is 0.243. The van der Waals surface area contributed by atoms with Gasteiger partial charge in [0.15, 0.2) is 0 Å². The van der Waals surface area contributed by atoms with Gasteiger partial charge in [0.05, 0.1) is 11.5 Å². The zero-order valence-electron chi connectivity index (χ0n) is 10.3. The standard InChI is InChI=1S/C12H11FN4O3/c13-10-3-1-9(2-4-10)12(18)14-5-6-16-8-11(7-15-16)17(19)20/h1-4,7-8H,5-6H2,(H,14,18). The Morgan fingerprint density at radius 2 is 2.10 bits per heavy atom. The molecule has 2 rings (SSSR count). The van der Waals surface area contributed by atoms with E-state index in [1.165, 1.54) is 35.1 Å². The predicted molar refractivity (Wildman–Crippen MR) is 67.6 cm³/mol. The van der Waals surface area contributed by atoms with Crippen molar-refractivity contribution in [1.29, 1.82) is 0 Å². The molecular formula is C12H11FN4O3. The van der Waals surface area contributed by atoms with E-state index in [0.717, 1.165) is 6.20 Å². The number of nitrogens with zero attached hydrogens (tertiary/aromatic N) is 3. The van der Waals surface area contributed by atoms with E-state index in [4.69, 9.17) is 0 Å². The molecule has 1 heterocycles. The molecule has 0 unspecified atom stereocenters. The molecule has 104 valence electrons. The summed E-state index contributed by atoms with van der Waals surface area (Å²) >= 11 is 0. The Bertz CT molecular complexity index is 624. The predicted octanol–water partition coefficient (Wildman–Crippen LogP) is 1.36. The van der Waals surface area contributed by atoms with Crippen LogP contribution in [0.4, 0.5) is 10.1 Å². The van der Waals surface area contributed by atoms with E-state index in [1.54, 1.807) is 0 Å². The van der Waals surface area contributed by atoms with E-state index in [1.807, 2.05) is 0 Å². The first-order valence-corrected chi connectivity index (χ1v) is 5.77. The molecule has 7 nitrogen and oxygen atoms in total. The van der Waals surface area contributed by atoms with Crippen molar-refractivity contribution in [1.82, 2.24) is 15.1 Å². The van der Waals surface area contributed by atoms with Gasteiger partial charge in [-0.3, -0.25) is 19.6 Å². The second-order valence-electron chi connectivity index (χ2n) is 3.98. The normalized spacial score (nSPS) is 10.2. The van der Waals surface area contributed by atoms with E-state index in [9.17, 15) is 19.3 Å². The summed E-state index contributed by atoms with van der Waals surface area (Å²) in [7, 11) is 0. The number of halogens is 1. The van der Waals surface area contributed by atoms with Crippen LogP contribution in [0.25, 0.3) is 0 Å². The Hall–Kier alpha value is -2.77. The van der Waals surface area contributed by atoms with Gasteiger partial charge < -0.3 is 5.32 Å². The van der Waals surface area contributed by atoms with Gasteiger partial charge in [0.1, 0.15) is 18.2 Å². The third-order valence-corrected chi connectivity index (χ3v) is 2.56. The molecule has 8 heteroatoms. The highest BCUT2D eigenvalue weighted by molar-refractivity contribution is 5.94. The maximum Gasteiger partial charge on any atom is 0.306 e. The van der Waals surface area contributed by atoms with Crippen LogP contribution in [0, 0.1) is 15.9 Å². The van der Waals surface area contributed by atoms with E-state index in [-0.39, 0.29) is 18.1 Å². The lowest BCUT2D eigenvalue weighted by atomic mass is 10.2. The van der Waals surface area contributed by atoms with E-state index in [0.29, 0.717) is 12.1 Å². The highest BCUT2D eigenvalue weighted by atomic mass is 19.1. The van der Waals surface area contributed by atoms with Crippen LogP contribution in [0.3, 0.4) is 0 Å². The minimum Gasteiger partial charge on any atom is -0.350 e. The number of amides is 1. The fraction of sp³-hybridized carbons (Fsp3) is 0.167. The van der Waals surface area contributed by atoms with Crippen molar-refractivity contribution < 1.29 is 14.1 Å². The molecule has 1 aromatic carbocycles. The number of aromatic nitrogens is 2. The maximum absolute atomic E-state index is 12.7. The molecule has 2 aromatic rings. The largest absolute Gasteiger partial charge is 0.350 e. The number of carbonyl (C=O) groups is 1. The number of nitrogens with one attached hydrogen (secondary N) is 1. The van der Waals surface area contributed by atoms with Crippen LogP contribution >= 0.6 is 0 Å². The molecule has 0 saturated heterocycles. The summed E-state index contributed by atoms with van der Waals surface area (Å²) in [6.07, 6.45) is 2.42. The lowest BCUT2D eigenvalue weighted by Gasteiger charge is -2.05. The van der Waals surface area contributed by atoms with Crippen LogP contribution < -0.4 is 5.32 Å². The second kappa shape index (κ2) is 5.91. The molecule has 0 saturated carbocycles. The third-order valence-electron chi connectivity index (χ3n) is 2.56. The van der Waals surface area contributed by atoms with Crippen LogP contribution in [0.1, 0.15) is 10.4 Å². The van der Waals surface area contributed by atoms with Crippen molar-refractivity contribution in [2.45, 2.75) is 6.54 Å². The highest BCUT2D eigenvalue weighted by Gasteiger charge is 2.09. The van der Waals surface area contributed by atoms with Gasteiger partial charge in [-0.2, -0.15) is 5.10 Å². The summed E-state index contributed by atoms with van der Waals surface area (Å²) in [4.78, 5) is 21.6. The summed E-state index contributed by atoms with van der Waals surface area (Å²) in [5, 5.41) is 16.9. The molecule has 0 bridgehead atoms. The highest BCUT2D eigenvalue weighted by Crippen LogP contribution is 2.07. The summed E-state index contributed by atoms with van der Waals surface area (Å²) in [6, 6.07) is 5.16. The molecule has 1 aromatic heterocycles. The number of carbonyl (C=O) groups excluding carboxylic acids is 1. The number of hydrogen-bond acceptors (Lipinski definition) is 4. The van der Waals surface area contributed by atoms with Gasteiger partial charge in [0, 0.05) is 12.1 Å². The summed E-state index contributed by atoms with van der Waals surface area (Å²) in [6.45, 7) is 0.565. The maximum atomic E-state index is 12.7. The van der Waals surface area contributed by atoms with E-state index in [2.05, 4.69) is 10.4 Å². The van der Waals surface area contributed by atoms with Gasteiger partial charge >= 0.3 is 5.69 Å². The Kier molecular flexibility index (Phi) is 4.04. The molecule has 0 spiro atoms. The molecule has 0 aliphatic carbocycles. The minimum atomic E-state index is -0.541. The number of rotatable bonds is 5. The van der Waals surface area contributed by atoms with Gasteiger partial charge in [-0.1, -0.05) is 0 Å². The quantitative estimate of drug-likeness (QED) is 0.660. The van der Waals surface area contributed by atoms with Crippen molar-refractivity contribution in [3.63, 3.8) is 0 Å². The SMILES string of the molecule is O=C(NCCn1cc([N+](=O)[O-])cn1)c1ccc(F)cc1. The smallest absolute Gasteiger partial charge is 0.306 e. The van der Waals surface area contributed by atoms with Crippen molar-refractivity contribution in [3.05, 3.63) is 58.2 Å². The average Bonchev–Trinajstić information content (AvgIpc) is 2.88. The monoisotopic (exact) mass is 278 g/mol. The lowest BCUT2D eigenvalue weighted by Crippen LogP contribution is -2.27. The number of nitro groups is 1. The summed E-state index contributed by atoms with van der Waals surface area (Å²) in [5.74, 6) is -0.753. The minimum absolute atomic E-state index is 0.102. The van der Waals surface area contributed by atoms with Crippen molar-refractivity contribution in [3.8, 4) is 0 Å². The van der Waals surface area contributed by atoms with Gasteiger partial charge in [0.2, 0.25) is 0 Å². The van der Waals surface area contributed by atoms with Crippen molar-refractivity contribution in [2.75, 3.05) is 6.54 Å². The molecule has 20 heavy (non-hydrogen) atoms. The molecule has 0 atom stereocenters. The average molecular weight is 278 g/mol. The molecule has 0 aliphatic rings. The molecule has 0 radical (unpaired) electrons. The van der Waals surface area contributed by atoms with Crippen LogP contribution in [0.5, 0.6) is 0 Å². The first-order valence-electron chi connectivity index (χ1n) is 5.77. The van der Waals surface area contributed by atoms with E-state index < -0.39 is 10.7 Å². The van der Waals surface area contributed by atoms with Crippen LogP contribution in [0.15, 0.2) is 36.7 Å². The Balaban J connectivity index is 1.84. The molecule has 0 aliphatic heterocycles. The molecule has 1 N–H and O–H groups in total. The van der Waals surface area contributed by atoms with Crippen molar-refractivity contribution >= 4 is 11.6 Å². The molecule has 1 amide bonds. The topological polar surface area (TPSA) is 90.1 Å². The lowest BCUT2D eigenvalue weighted by molar-refractivity contribution is -0.385. The first kappa shape index (κ1) is 13.7. The van der Waals surface area contributed by atoms with Crippen LogP contribution in [0.2, 0.25) is 0 Å². The zero-order valence-corrected chi connectivity index (χ0v) is 10.3. The third kappa shape index (κ3) is 3.37. The fourth-order valence-corrected chi connectivity index (χ4v) is 1.56. The number of benzene rings is 1. The second-order valence-corrected chi connectivity index (χ2v) is 3.98. The van der Waals surface area contributed by atoms with Crippen molar-refractivity contribution in [2.24, 2.45) is 0 Å². The van der Waals surface area contributed by atoms with Crippen LogP contribution in [-0.2, 0) is 6.54 Å². The van der Waals surface area contributed by atoms with Gasteiger partial charge in [-0.15, -0.1) is 0 Å². The van der Waals surface area contributed by atoms with E-state index >= 15 is 0 Å². The molecule has 0 fully saturated rings. The Morgan fingerprint density at radius 3 is 2.70 bits per heavy atom. The first-order chi connectivity index (χ1) is 9.56. The summed E-state index contributed by atoms with van der Waals surface area (Å²) < 4.78 is 14.1.